The number of aromatic nitrogens is 1. The van der Waals surface area contributed by atoms with Crippen molar-refractivity contribution in [1.29, 1.82) is 0 Å². The summed E-state index contributed by atoms with van der Waals surface area (Å²) in [5.74, 6) is 0.742. The number of nitrogen functional groups attached to an aromatic ring is 1. The summed E-state index contributed by atoms with van der Waals surface area (Å²) in [6, 6.07) is 5.62. The maximum Gasteiger partial charge on any atom is 0.268 e. The van der Waals surface area contributed by atoms with Crippen LogP contribution in [-0.2, 0) is 6.42 Å². The highest BCUT2D eigenvalue weighted by molar-refractivity contribution is 5.94. The van der Waals surface area contributed by atoms with Crippen molar-refractivity contribution in [3.05, 3.63) is 42.1 Å². The van der Waals surface area contributed by atoms with Crippen LogP contribution in [0.3, 0.4) is 0 Å². The second-order valence-corrected chi connectivity index (χ2v) is 5.32. The molecule has 0 saturated carbocycles. The minimum absolute atomic E-state index is 0.00890. The van der Waals surface area contributed by atoms with Gasteiger partial charge in [0.1, 0.15) is 11.5 Å². The molecule has 2 rings (SSSR count). The van der Waals surface area contributed by atoms with E-state index >= 15 is 0 Å². The number of furan rings is 1. The number of rotatable bonds is 5. The van der Waals surface area contributed by atoms with Gasteiger partial charge in [-0.05, 0) is 39.0 Å². The Bertz CT molecular complexity index is 570. The maximum absolute atomic E-state index is 12.3. The van der Waals surface area contributed by atoms with Crippen LogP contribution in [0.5, 0.6) is 0 Å². The van der Waals surface area contributed by atoms with Gasteiger partial charge in [0.2, 0.25) is 0 Å². The molecule has 0 fully saturated rings. The highest BCUT2D eigenvalue weighted by Gasteiger charge is 2.17. The lowest BCUT2D eigenvalue weighted by molar-refractivity contribution is 0.0928. The first-order valence-corrected chi connectivity index (χ1v) is 6.78. The summed E-state index contributed by atoms with van der Waals surface area (Å²) >= 11 is 0. The molecule has 2 aromatic heterocycles. The minimum atomic E-state index is -0.116. The van der Waals surface area contributed by atoms with Gasteiger partial charge >= 0.3 is 0 Å². The molecule has 1 amide bonds. The van der Waals surface area contributed by atoms with Crippen LogP contribution in [0.15, 0.2) is 35.1 Å². The molecule has 108 valence electrons. The molecule has 0 aliphatic carbocycles. The summed E-state index contributed by atoms with van der Waals surface area (Å²) in [6.07, 6.45) is 4.09. The van der Waals surface area contributed by atoms with E-state index in [1.165, 1.54) is 0 Å². The Morgan fingerprint density at radius 1 is 1.45 bits per heavy atom. The van der Waals surface area contributed by atoms with E-state index in [4.69, 9.17) is 10.2 Å². The number of nitrogens with two attached hydrogens (primary N) is 1. The monoisotopic (exact) mass is 275 g/mol. The Morgan fingerprint density at radius 3 is 2.80 bits per heavy atom. The lowest BCUT2D eigenvalue weighted by Crippen LogP contribution is -2.35. The van der Waals surface area contributed by atoms with E-state index in [2.05, 4.69) is 5.32 Å². The fourth-order valence-corrected chi connectivity index (χ4v) is 2.19. The van der Waals surface area contributed by atoms with Gasteiger partial charge in [-0.15, -0.1) is 0 Å². The molecular weight excluding hydrogens is 254 g/mol. The van der Waals surface area contributed by atoms with Crippen LogP contribution in [0.25, 0.3) is 0 Å². The molecule has 0 radical (unpaired) electrons. The average molecular weight is 275 g/mol. The molecule has 1 unspecified atom stereocenters. The van der Waals surface area contributed by atoms with Gasteiger partial charge in [-0.3, -0.25) is 4.79 Å². The number of amides is 1. The lowest BCUT2D eigenvalue weighted by Gasteiger charge is -2.16. The zero-order chi connectivity index (χ0) is 14.7. The maximum atomic E-state index is 12.3. The molecule has 3 N–H and O–H groups in total. The minimum Gasteiger partial charge on any atom is -0.469 e. The molecule has 0 saturated heterocycles. The standard InChI is InChI=1S/C15H21N3O2/c1-10(2)18-9-12(16)8-14(18)15(19)17-11(3)7-13-5-4-6-20-13/h4-6,8-11H,7,16H2,1-3H3,(H,17,19). The van der Waals surface area contributed by atoms with Crippen molar-refractivity contribution in [2.24, 2.45) is 0 Å². The van der Waals surface area contributed by atoms with Crippen molar-refractivity contribution in [3.8, 4) is 0 Å². The third kappa shape index (κ3) is 3.23. The van der Waals surface area contributed by atoms with E-state index in [-0.39, 0.29) is 18.0 Å². The zero-order valence-corrected chi connectivity index (χ0v) is 12.1. The smallest absolute Gasteiger partial charge is 0.268 e. The normalized spacial score (nSPS) is 12.6. The number of hydrogen-bond donors (Lipinski definition) is 2. The van der Waals surface area contributed by atoms with E-state index in [1.54, 1.807) is 18.5 Å². The molecule has 20 heavy (non-hydrogen) atoms. The van der Waals surface area contributed by atoms with Gasteiger partial charge < -0.3 is 20.0 Å². The van der Waals surface area contributed by atoms with E-state index in [0.717, 1.165) is 5.76 Å². The average Bonchev–Trinajstić information content (AvgIpc) is 2.97. The van der Waals surface area contributed by atoms with Crippen LogP contribution >= 0.6 is 0 Å². The summed E-state index contributed by atoms with van der Waals surface area (Å²) < 4.78 is 7.16. The van der Waals surface area contributed by atoms with Crippen molar-refractivity contribution in [1.82, 2.24) is 9.88 Å². The van der Waals surface area contributed by atoms with Crippen LogP contribution in [-0.4, -0.2) is 16.5 Å². The fraction of sp³-hybridized carbons (Fsp3) is 0.400. The molecule has 5 nitrogen and oxygen atoms in total. The molecule has 1 atom stereocenters. The van der Waals surface area contributed by atoms with Gasteiger partial charge in [-0.2, -0.15) is 0 Å². The van der Waals surface area contributed by atoms with Gasteiger partial charge in [0.15, 0.2) is 0 Å². The van der Waals surface area contributed by atoms with Crippen molar-refractivity contribution in [3.63, 3.8) is 0 Å². The first-order valence-electron chi connectivity index (χ1n) is 6.78. The molecule has 0 bridgehead atoms. The van der Waals surface area contributed by atoms with Gasteiger partial charge in [0.25, 0.3) is 5.91 Å². The van der Waals surface area contributed by atoms with Crippen molar-refractivity contribution >= 4 is 11.6 Å². The number of hydrogen-bond acceptors (Lipinski definition) is 3. The van der Waals surface area contributed by atoms with Crippen LogP contribution in [0.1, 0.15) is 43.1 Å². The highest BCUT2D eigenvalue weighted by Crippen LogP contribution is 2.16. The first kappa shape index (κ1) is 14.2. The number of nitrogens with one attached hydrogen (secondary N) is 1. The molecule has 0 aliphatic rings. The second kappa shape index (κ2) is 5.86. The van der Waals surface area contributed by atoms with Gasteiger partial charge in [-0.25, -0.2) is 0 Å². The quantitative estimate of drug-likeness (QED) is 0.881. The van der Waals surface area contributed by atoms with Crippen LogP contribution in [0.2, 0.25) is 0 Å². The van der Waals surface area contributed by atoms with Gasteiger partial charge in [0, 0.05) is 24.7 Å². The van der Waals surface area contributed by atoms with Crippen LogP contribution in [0, 0.1) is 0 Å². The first-order chi connectivity index (χ1) is 9.47. The number of nitrogens with zero attached hydrogens (tertiary/aromatic N) is 1. The van der Waals surface area contributed by atoms with Gasteiger partial charge in [-0.1, -0.05) is 0 Å². The summed E-state index contributed by atoms with van der Waals surface area (Å²) in [6.45, 7) is 5.98. The Hall–Kier alpha value is -2.17. The Morgan fingerprint density at radius 2 is 2.20 bits per heavy atom. The van der Waals surface area contributed by atoms with Crippen molar-refractivity contribution in [2.45, 2.75) is 39.3 Å². The molecule has 0 aliphatic heterocycles. The Kier molecular flexibility index (Phi) is 4.17. The third-order valence-electron chi connectivity index (χ3n) is 3.12. The molecule has 0 spiro atoms. The molecule has 2 aromatic rings. The number of anilines is 1. The van der Waals surface area contributed by atoms with Crippen LogP contribution < -0.4 is 11.1 Å². The Labute approximate surface area is 118 Å². The largest absolute Gasteiger partial charge is 0.469 e. The summed E-state index contributed by atoms with van der Waals surface area (Å²) in [4.78, 5) is 12.3. The van der Waals surface area contributed by atoms with E-state index in [0.29, 0.717) is 17.8 Å². The second-order valence-electron chi connectivity index (χ2n) is 5.32. The predicted molar refractivity (Wildman–Crippen MR) is 78.6 cm³/mol. The predicted octanol–water partition coefficient (Wildman–Crippen LogP) is 2.61. The van der Waals surface area contributed by atoms with E-state index in [1.807, 2.05) is 37.5 Å². The van der Waals surface area contributed by atoms with Crippen LogP contribution in [0.4, 0.5) is 5.69 Å². The SMILES string of the molecule is CC(Cc1ccco1)NC(=O)c1cc(N)cn1C(C)C. The number of carbonyl (C=O) groups excluding carboxylic acids is 1. The topological polar surface area (TPSA) is 73.2 Å². The Balaban J connectivity index is 2.04. The number of carbonyl (C=O) groups is 1. The highest BCUT2D eigenvalue weighted by atomic mass is 16.3. The summed E-state index contributed by atoms with van der Waals surface area (Å²) in [7, 11) is 0. The molecular formula is C15H21N3O2. The molecule has 0 aromatic carbocycles. The van der Waals surface area contributed by atoms with E-state index in [9.17, 15) is 4.79 Å². The fourth-order valence-electron chi connectivity index (χ4n) is 2.19. The van der Waals surface area contributed by atoms with Gasteiger partial charge in [0.05, 0.1) is 12.0 Å². The third-order valence-corrected chi connectivity index (χ3v) is 3.12. The molecule has 5 heteroatoms. The summed E-state index contributed by atoms with van der Waals surface area (Å²) in [5.41, 5.74) is 6.97. The van der Waals surface area contributed by atoms with E-state index < -0.39 is 0 Å². The zero-order valence-electron chi connectivity index (χ0n) is 12.1. The van der Waals surface area contributed by atoms with Crippen molar-refractivity contribution < 1.29 is 9.21 Å². The summed E-state index contributed by atoms with van der Waals surface area (Å²) in [5, 5.41) is 2.97. The van der Waals surface area contributed by atoms with Crippen molar-refractivity contribution in [2.75, 3.05) is 5.73 Å². The lowest BCUT2D eigenvalue weighted by atomic mass is 10.2. The molecule has 2 heterocycles.